The van der Waals surface area contributed by atoms with Gasteiger partial charge in [-0.25, -0.2) is 0 Å². The first-order chi connectivity index (χ1) is 16.0. The Labute approximate surface area is 200 Å². The lowest BCUT2D eigenvalue weighted by atomic mass is 9.49. The van der Waals surface area contributed by atoms with Gasteiger partial charge in [-0.3, -0.25) is 9.89 Å². The van der Waals surface area contributed by atoms with Gasteiger partial charge in [0.15, 0.2) is 0 Å². The fourth-order valence-corrected chi connectivity index (χ4v) is 5.42. The molecule has 0 atom stereocenters. The Morgan fingerprint density at radius 2 is 1.82 bits per heavy atom. The van der Waals surface area contributed by atoms with Gasteiger partial charge in [0.25, 0.3) is 0 Å². The van der Waals surface area contributed by atoms with Crippen LogP contribution in [0.15, 0.2) is 54.7 Å². The zero-order valence-corrected chi connectivity index (χ0v) is 20.7. The maximum atomic E-state index is 12.5. The summed E-state index contributed by atoms with van der Waals surface area (Å²) in [7, 11) is 3.94. The summed E-state index contributed by atoms with van der Waals surface area (Å²) in [5.74, 6) is 0.889. The van der Waals surface area contributed by atoms with Crippen molar-refractivity contribution in [2.24, 2.45) is 10.8 Å². The Hall–Kier alpha value is -3.32. The molecule has 7 heteroatoms. The van der Waals surface area contributed by atoms with Crippen LogP contribution in [-0.4, -0.2) is 58.9 Å². The molecule has 2 aromatic carbocycles. The molecule has 180 valence electrons. The number of carbonyl (C=O) groups excluding carboxylic acids is 1. The van der Waals surface area contributed by atoms with Gasteiger partial charge >= 0.3 is 0 Å². The summed E-state index contributed by atoms with van der Waals surface area (Å²) in [5.41, 5.74) is 2.27. The van der Waals surface area contributed by atoms with Gasteiger partial charge in [-0.2, -0.15) is 5.10 Å². The number of carbonyl (C=O) groups is 1. The van der Waals surface area contributed by atoms with Crippen molar-refractivity contribution in [3.8, 4) is 22.6 Å². The number of hydrogen-bond acceptors (Lipinski definition) is 5. The van der Waals surface area contributed by atoms with E-state index in [0.29, 0.717) is 6.54 Å². The molecule has 0 bridgehead atoms. The van der Waals surface area contributed by atoms with E-state index >= 15 is 0 Å². The molecule has 0 radical (unpaired) electrons. The Kier molecular flexibility index (Phi) is 6.16. The lowest BCUT2D eigenvalue weighted by Gasteiger charge is -2.63. The van der Waals surface area contributed by atoms with E-state index in [9.17, 15) is 9.90 Å². The van der Waals surface area contributed by atoms with Crippen molar-refractivity contribution >= 4 is 16.8 Å². The Bertz CT molecular complexity index is 1190. The van der Waals surface area contributed by atoms with Gasteiger partial charge in [-0.05, 0) is 49.5 Å². The molecule has 0 saturated heterocycles. The first-order valence-electron chi connectivity index (χ1n) is 11.5. The molecule has 1 amide bonds. The van der Waals surface area contributed by atoms with Crippen molar-refractivity contribution in [1.82, 2.24) is 20.4 Å². The van der Waals surface area contributed by atoms with Crippen molar-refractivity contribution < 1.29 is 14.6 Å². The fraction of sp³-hybridized carbons (Fsp3) is 0.407. The van der Waals surface area contributed by atoms with Crippen LogP contribution in [0.3, 0.4) is 0 Å². The molecule has 34 heavy (non-hydrogen) atoms. The van der Waals surface area contributed by atoms with Crippen LogP contribution < -0.4 is 10.1 Å². The predicted molar refractivity (Wildman–Crippen MR) is 135 cm³/mol. The normalized spacial score (nSPS) is 21.0. The third-order valence-electron chi connectivity index (χ3n) is 6.83. The summed E-state index contributed by atoms with van der Waals surface area (Å²) < 4.78 is 6.68. The number of aromatic amines is 1. The lowest BCUT2D eigenvalue weighted by molar-refractivity contribution is -0.171. The quantitative estimate of drug-likeness (QED) is 0.454. The number of nitrogens with one attached hydrogen (secondary N) is 2. The molecule has 3 aromatic rings. The number of aromatic nitrogens is 2. The molecule has 1 heterocycles. The largest absolute Gasteiger partial charge is 0.508 e. The van der Waals surface area contributed by atoms with Gasteiger partial charge < -0.3 is 20.1 Å². The Balaban J connectivity index is 1.58. The monoisotopic (exact) mass is 462 g/mol. The van der Waals surface area contributed by atoms with Gasteiger partial charge in [0.05, 0.1) is 17.1 Å². The zero-order valence-electron chi connectivity index (χ0n) is 20.7. The molecule has 1 aromatic heterocycles. The van der Waals surface area contributed by atoms with Crippen molar-refractivity contribution in [3.05, 3.63) is 54.7 Å². The third kappa shape index (κ3) is 4.40. The van der Waals surface area contributed by atoms with E-state index < -0.39 is 0 Å². The van der Waals surface area contributed by atoms with Crippen LogP contribution in [0.25, 0.3) is 22.0 Å². The highest BCUT2D eigenvalue weighted by Crippen LogP contribution is 2.56. The van der Waals surface area contributed by atoms with E-state index in [1.165, 1.54) is 0 Å². The third-order valence-corrected chi connectivity index (χ3v) is 6.83. The second-order valence-electron chi connectivity index (χ2n) is 10.6. The number of amides is 1. The van der Waals surface area contributed by atoms with E-state index in [2.05, 4.69) is 43.2 Å². The Morgan fingerprint density at radius 1 is 1.15 bits per heavy atom. The average Bonchev–Trinajstić information content (AvgIpc) is 3.24. The Morgan fingerprint density at radius 3 is 2.47 bits per heavy atom. The molecule has 1 saturated carbocycles. The summed E-state index contributed by atoms with van der Waals surface area (Å²) >= 11 is 0. The standard InChI is InChI=1S/C27H34N4O3/c1-26(2)24(29-23(33)8-7-13-31(5)6)27(3,4)25(26)34-22-15-18(14-21-20(22)16-28-30-21)17-9-11-19(32)12-10-17/h7-12,14-16,24-25,32H,13H2,1-6H3,(H,28,30)(H,29,33)/b8-7+. The second-order valence-corrected chi connectivity index (χ2v) is 10.6. The molecule has 3 N–H and O–H groups in total. The highest BCUT2D eigenvalue weighted by atomic mass is 16.5. The lowest BCUT2D eigenvalue weighted by Crippen LogP contribution is -2.74. The summed E-state index contributed by atoms with van der Waals surface area (Å²) in [6, 6.07) is 11.1. The number of H-pyrrole nitrogens is 1. The number of benzene rings is 2. The van der Waals surface area contributed by atoms with Crippen molar-refractivity contribution in [3.63, 3.8) is 0 Å². The van der Waals surface area contributed by atoms with Crippen LogP contribution in [0.5, 0.6) is 11.5 Å². The van der Waals surface area contributed by atoms with E-state index in [0.717, 1.165) is 27.8 Å². The van der Waals surface area contributed by atoms with E-state index in [1.54, 1.807) is 24.4 Å². The number of likely N-dealkylation sites (N-methyl/N-ethyl adjacent to an activating group) is 1. The van der Waals surface area contributed by atoms with E-state index in [1.807, 2.05) is 49.3 Å². The van der Waals surface area contributed by atoms with Crippen LogP contribution in [0.2, 0.25) is 0 Å². The molecule has 0 spiro atoms. The van der Waals surface area contributed by atoms with Crippen LogP contribution in [0.4, 0.5) is 0 Å². The first-order valence-corrected chi connectivity index (χ1v) is 11.5. The van der Waals surface area contributed by atoms with E-state index in [4.69, 9.17) is 4.74 Å². The summed E-state index contributed by atoms with van der Waals surface area (Å²) in [6.07, 6.45) is 5.13. The number of rotatable bonds is 7. The van der Waals surface area contributed by atoms with Crippen LogP contribution in [0.1, 0.15) is 27.7 Å². The van der Waals surface area contributed by atoms with E-state index in [-0.39, 0.29) is 34.6 Å². The topological polar surface area (TPSA) is 90.5 Å². The number of phenolic OH excluding ortho intramolecular Hbond substituents is 1. The maximum Gasteiger partial charge on any atom is 0.243 e. The fourth-order valence-electron chi connectivity index (χ4n) is 5.42. The SMILES string of the molecule is CN(C)C/C=C/C(=O)NC1C(C)(C)C(Oc2cc(-c3ccc(O)cc3)cc3[nH]ncc23)C1(C)C. The van der Waals surface area contributed by atoms with Gasteiger partial charge in [0.2, 0.25) is 5.91 Å². The van der Waals surface area contributed by atoms with Gasteiger partial charge in [-0.15, -0.1) is 0 Å². The zero-order chi connectivity index (χ0) is 24.7. The predicted octanol–water partition coefficient (Wildman–Crippen LogP) is 4.35. The maximum absolute atomic E-state index is 12.5. The molecule has 1 aliphatic carbocycles. The molecular formula is C27H34N4O3. The van der Waals surface area contributed by atoms with Crippen molar-refractivity contribution in [2.45, 2.75) is 39.8 Å². The highest BCUT2D eigenvalue weighted by molar-refractivity contribution is 5.90. The summed E-state index contributed by atoms with van der Waals surface area (Å²) in [4.78, 5) is 14.6. The van der Waals surface area contributed by atoms with Gasteiger partial charge in [0, 0.05) is 29.5 Å². The number of fused-ring (bicyclic) bond motifs is 1. The first kappa shape index (κ1) is 23.8. The minimum Gasteiger partial charge on any atom is -0.508 e. The molecule has 0 aliphatic heterocycles. The summed E-state index contributed by atoms with van der Waals surface area (Å²) in [6.45, 7) is 9.25. The van der Waals surface area contributed by atoms with Gasteiger partial charge in [-0.1, -0.05) is 45.9 Å². The average molecular weight is 463 g/mol. The summed E-state index contributed by atoms with van der Waals surface area (Å²) in [5, 5.41) is 21.0. The number of phenols is 1. The molecule has 1 fully saturated rings. The number of ether oxygens (including phenoxy) is 1. The highest BCUT2D eigenvalue weighted by Gasteiger charge is 2.64. The molecule has 7 nitrogen and oxygen atoms in total. The smallest absolute Gasteiger partial charge is 0.243 e. The van der Waals surface area contributed by atoms with Crippen LogP contribution >= 0.6 is 0 Å². The number of aromatic hydroxyl groups is 1. The second kappa shape index (κ2) is 8.80. The molecule has 4 rings (SSSR count). The minimum atomic E-state index is -0.279. The molecule has 1 aliphatic rings. The minimum absolute atomic E-state index is 0.0402. The molecular weight excluding hydrogens is 428 g/mol. The van der Waals surface area contributed by atoms with Crippen LogP contribution in [-0.2, 0) is 4.79 Å². The number of nitrogens with zero attached hydrogens (tertiary/aromatic N) is 2. The number of hydrogen-bond donors (Lipinski definition) is 3. The van der Waals surface area contributed by atoms with Crippen molar-refractivity contribution in [1.29, 1.82) is 0 Å². The van der Waals surface area contributed by atoms with Crippen molar-refractivity contribution in [2.75, 3.05) is 20.6 Å². The molecule has 0 unspecified atom stereocenters. The van der Waals surface area contributed by atoms with Crippen LogP contribution in [0, 0.1) is 10.8 Å². The van der Waals surface area contributed by atoms with Gasteiger partial charge in [0.1, 0.15) is 17.6 Å².